The quantitative estimate of drug-likeness (QED) is 0.766. The minimum atomic E-state index is -0.203. The summed E-state index contributed by atoms with van der Waals surface area (Å²) in [4.78, 5) is 0. The Hall–Kier alpha value is -1.80. The van der Waals surface area contributed by atoms with Crippen LogP contribution in [0.3, 0.4) is 0 Å². The zero-order chi connectivity index (χ0) is 12.0. The first-order chi connectivity index (χ1) is 7.72. The fourth-order valence-electron chi connectivity index (χ4n) is 1.46. The molecule has 0 spiro atoms. The molecule has 1 aromatic carbocycles. The molecular formula is C14H17NO. The highest BCUT2D eigenvalue weighted by atomic mass is 16.5. The largest absolute Gasteiger partial charge is 0.497 e. The van der Waals surface area contributed by atoms with Crippen molar-refractivity contribution in [1.82, 2.24) is 0 Å². The first-order valence-electron chi connectivity index (χ1n) is 5.07. The first kappa shape index (κ1) is 12.3. The lowest BCUT2D eigenvalue weighted by Crippen LogP contribution is -2.12. The van der Waals surface area contributed by atoms with Crippen LogP contribution in [0.15, 0.2) is 61.2 Å². The molecule has 0 bridgehead atoms. The zero-order valence-corrected chi connectivity index (χ0v) is 9.52. The normalized spacial score (nSPS) is 13.0. The molecule has 2 nitrogen and oxygen atoms in total. The van der Waals surface area contributed by atoms with Gasteiger partial charge in [-0.3, -0.25) is 0 Å². The third-order valence-corrected chi connectivity index (χ3v) is 2.36. The van der Waals surface area contributed by atoms with Crippen LogP contribution in [0.2, 0.25) is 0 Å². The Balaban J connectivity index is 3.02. The molecule has 1 unspecified atom stereocenters. The van der Waals surface area contributed by atoms with Gasteiger partial charge in [0.1, 0.15) is 5.75 Å². The molecule has 0 fully saturated rings. The number of nitrogens with two attached hydrogens (primary N) is 1. The number of rotatable bonds is 5. The van der Waals surface area contributed by atoms with E-state index >= 15 is 0 Å². The predicted molar refractivity (Wildman–Crippen MR) is 68.4 cm³/mol. The van der Waals surface area contributed by atoms with Gasteiger partial charge in [0.25, 0.3) is 0 Å². The van der Waals surface area contributed by atoms with Gasteiger partial charge in [-0.25, -0.2) is 0 Å². The molecule has 2 heteroatoms. The van der Waals surface area contributed by atoms with Crippen LogP contribution in [0.4, 0.5) is 0 Å². The summed E-state index contributed by atoms with van der Waals surface area (Å²) in [6.07, 6.45) is 5.31. The number of allylic oxidation sites excluding steroid dienone is 2. The van der Waals surface area contributed by atoms with Gasteiger partial charge < -0.3 is 10.5 Å². The van der Waals surface area contributed by atoms with Crippen molar-refractivity contribution in [3.8, 4) is 5.75 Å². The van der Waals surface area contributed by atoms with Crippen LogP contribution in [0.5, 0.6) is 5.75 Å². The van der Waals surface area contributed by atoms with Gasteiger partial charge in [0.2, 0.25) is 0 Å². The Labute approximate surface area is 96.7 Å². The van der Waals surface area contributed by atoms with Crippen LogP contribution < -0.4 is 10.5 Å². The van der Waals surface area contributed by atoms with Crippen LogP contribution in [-0.2, 0) is 0 Å². The van der Waals surface area contributed by atoms with E-state index in [1.807, 2.05) is 30.3 Å². The van der Waals surface area contributed by atoms with Gasteiger partial charge in [-0.1, -0.05) is 43.5 Å². The monoisotopic (exact) mass is 215 g/mol. The molecule has 0 saturated heterocycles. The minimum absolute atomic E-state index is 0.203. The molecule has 0 aromatic heterocycles. The highest BCUT2D eigenvalue weighted by Crippen LogP contribution is 2.23. The smallest absolute Gasteiger partial charge is 0.119 e. The summed E-state index contributed by atoms with van der Waals surface area (Å²) < 4.78 is 5.16. The Morgan fingerprint density at radius 2 is 2.19 bits per heavy atom. The number of benzene rings is 1. The fourth-order valence-corrected chi connectivity index (χ4v) is 1.46. The van der Waals surface area contributed by atoms with Crippen molar-refractivity contribution in [2.24, 2.45) is 5.73 Å². The van der Waals surface area contributed by atoms with E-state index in [4.69, 9.17) is 10.5 Å². The van der Waals surface area contributed by atoms with E-state index in [1.54, 1.807) is 19.3 Å². The van der Waals surface area contributed by atoms with Crippen LogP contribution in [0, 0.1) is 0 Å². The molecule has 0 aliphatic heterocycles. The first-order valence-corrected chi connectivity index (χ1v) is 5.07. The van der Waals surface area contributed by atoms with E-state index in [9.17, 15) is 0 Å². The average molecular weight is 215 g/mol. The van der Waals surface area contributed by atoms with Crippen LogP contribution >= 0.6 is 0 Å². The Bertz CT molecular complexity index is 407. The zero-order valence-electron chi connectivity index (χ0n) is 9.52. The maximum atomic E-state index is 6.12. The maximum absolute atomic E-state index is 6.12. The molecule has 0 aliphatic rings. The summed E-state index contributed by atoms with van der Waals surface area (Å²) in [6, 6.07) is 7.49. The lowest BCUT2D eigenvalue weighted by molar-refractivity contribution is 0.414. The van der Waals surface area contributed by atoms with Gasteiger partial charge in [-0.05, 0) is 23.3 Å². The number of hydrogen-bond acceptors (Lipinski definition) is 2. The van der Waals surface area contributed by atoms with Gasteiger partial charge >= 0.3 is 0 Å². The second kappa shape index (κ2) is 5.93. The third kappa shape index (κ3) is 2.84. The molecule has 1 aromatic rings. The summed E-state index contributed by atoms with van der Waals surface area (Å²) in [5.74, 6) is 0.801. The summed E-state index contributed by atoms with van der Waals surface area (Å²) in [6.45, 7) is 7.40. The Morgan fingerprint density at radius 1 is 1.44 bits per heavy atom. The van der Waals surface area contributed by atoms with Crippen molar-refractivity contribution in [3.63, 3.8) is 0 Å². The summed E-state index contributed by atoms with van der Waals surface area (Å²) >= 11 is 0. The van der Waals surface area contributed by atoms with E-state index < -0.39 is 0 Å². The molecule has 0 radical (unpaired) electrons. The van der Waals surface area contributed by atoms with Crippen LogP contribution in [0.25, 0.3) is 0 Å². The summed E-state index contributed by atoms with van der Waals surface area (Å²) in [5.41, 5.74) is 8.04. The predicted octanol–water partition coefficient (Wildman–Crippen LogP) is 2.99. The maximum Gasteiger partial charge on any atom is 0.119 e. The highest BCUT2D eigenvalue weighted by molar-refractivity contribution is 5.38. The van der Waals surface area contributed by atoms with E-state index in [2.05, 4.69) is 13.2 Å². The van der Waals surface area contributed by atoms with E-state index in [0.29, 0.717) is 0 Å². The minimum Gasteiger partial charge on any atom is -0.497 e. The van der Waals surface area contributed by atoms with Gasteiger partial charge in [0, 0.05) is 0 Å². The SMILES string of the molecule is C=C/C=C(\C=C)C(N)c1cccc(OC)c1. The number of methoxy groups -OCH3 is 1. The molecule has 1 atom stereocenters. The van der Waals surface area contributed by atoms with Gasteiger partial charge in [0.15, 0.2) is 0 Å². The second-order valence-electron chi connectivity index (χ2n) is 3.36. The molecule has 84 valence electrons. The van der Waals surface area contributed by atoms with Crippen molar-refractivity contribution in [2.45, 2.75) is 6.04 Å². The molecule has 2 N–H and O–H groups in total. The topological polar surface area (TPSA) is 35.2 Å². The molecule has 0 saturated carbocycles. The second-order valence-corrected chi connectivity index (χ2v) is 3.36. The van der Waals surface area contributed by atoms with Gasteiger partial charge in [-0.2, -0.15) is 0 Å². The average Bonchev–Trinajstić information content (AvgIpc) is 2.35. The molecular weight excluding hydrogens is 198 g/mol. The van der Waals surface area contributed by atoms with E-state index in [0.717, 1.165) is 16.9 Å². The molecule has 1 rings (SSSR count). The summed E-state index contributed by atoms with van der Waals surface area (Å²) in [5, 5.41) is 0. The lowest BCUT2D eigenvalue weighted by Gasteiger charge is -2.14. The number of ether oxygens (including phenoxy) is 1. The van der Waals surface area contributed by atoms with Crippen LogP contribution in [0.1, 0.15) is 11.6 Å². The van der Waals surface area contributed by atoms with Crippen molar-refractivity contribution in [2.75, 3.05) is 7.11 Å². The van der Waals surface area contributed by atoms with Crippen molar-refractivity contribution >= 4 is 0 Å². The molecule has 16 heavy (non-hydrogen) atoms. The Kier molecular flexibility index (Phi) is 4.55. The molecule has 0 aliphatic carbocycles. The fraction of sp³-hybridized carbons (Fsp3) is 0.143. The van der Waals surface area contributed by atoms with E-state index in [1.165, 1.54) is 0 Å². The standard InChI is InChI=1S/C14H17NO/c1-4-7-11(5-2)14(15)12-8-6-9-13(10-12)16-3/h4-10,14H,1-2,15H2,3H3/b11-7+. The van der Waals surface area contributed by atoms with Gasteiger partial charge in [0.05, 0.1) is 13.2 Å². The highest BCUT2D eigenvalue weighted by Gasteiger charge is 2.09. The molecule has 0 heterocycles. The van der Waals surface area contributed by atoms with Gasteiger partial charge in [-0.15, -0.1) is 0 Å². The van der Waals surface area contributed by atoms with Crippen molar-refractivity contribution < 1.29 is 4.74 Å². The number of hydrogen-bond donors (Lipinski definition) is 1. The molecule has 0 amide bonds. The Morgan fingerprint density at radius 3 is 2.75 bits per heavy atom. The lowest BCUT2D eigenvalue weighted by atomic mass is 9.99. The summed E-state index contributed by atoms with van der Waals surface area (Å²) in [7, 11) is 1.64. The van der Waals surface area contributed by atoms with Crippen molar-refractivity contribution in [3.05, 3.63) is 66.8 Å². The van der Waals surface area contributed by atoms with Crippen molar-refractivity contribution in [1.29, 1.82) is 0 Å². The van der Waals surface area contributed by atoms with Crippen LogP contribution in [-0.4, -0.2) is 7.11 Å². The third-order valence-electron chi connectivity index (χ3n) is 2.36. The van der Waals surface area contributed by atoms with E-state index in [-0.39, 0.29) is 6.04 Å².